The second-order valence-electron chi connectivity index (χ2n) is 2.67. The summed E-state index contributed by atoms with van der Waals surface area (Å²) in [6, 6.07) is 0. The molecule has 0 radical (unpaired) electrons. The van der Waals surface area contributed by atoms with Gasteiger partial charge >= 0.3 is 0 Å². The Kier molecular flexibility index (Phi) is 9.80. The number of halogens is 2. The van der Waals surface area contributed by atoms with Crippen LogP contribution in [-0.4, -0.2) is 8.86 Å². The smallest absolute Gasteiger partial charge is 0.00310 e. The van der Waals surface area contributed by atoms with Crippen LogP contribution >= 0.6 is 45.2 Å². The highest BCUT2D eigenvalue weighted by molar-refractivity contribution is 14.1. The standard InChI is InChI=1S/C8H16I2/c1-2-3-4-5-8(6-9)7-10/h8H,2-7H2,1H3. The van der Waals surface area contributed by atoms with Crippen LogP contribution in [0.25, 0.3) is 0 Å². The Morgan fingerprint density at radius 1 is 1.10 bits per heavy atom. The molecule has 0 aliphatic carbocycles. The molecule has 0 fully saturated rings. The van der Waals surface area contributed by atoms with Crippen LogP contribution in [0.2, 0.25) is 0 Å². The Morgan fingerprint density at radius 3 is 2.10 bits per heavy atom. The zero-order valence-electron chi connectivity index (χ0n) is 6.58. The minimum atomic E-state index is 0.979. The molecule has 0 atom stereocenters. The molecule has 0 aliphatic rings. The molecule has 0 aliphatic heterocycles. The summed E-state index contributed by atoms with van der Waals surface area (Å²) >= 11 is 4.99. The maximum Gasteiger partial charge on any atom is 0.00310 e. The number of rotatable bonds is 6. The zero-order valence-corrected chi connectivity index (χ0v) is 10.9. The van der Waals surface area contributed by atoms with Crippen LogP contribution in [0.5, 0.6) is 0 Å². The highest BCUT2D eigenvalue weighted by atomic mass is 127. The van der Waals surface area contributed by atoms with E-state index in [4.69, 9.17) is 0 Å². The van der Waals surface area contributed by atoms with Crippen LogP contribution in [-0.2, 0) is 0 Å². The molecule has 0 N–H and O–H groups in total. The van der Waals surface area contributed by atoms with Gasteiger partial charge in [-0.1, -0.05) is 71.4 Å². The van der Waals surface area contributed by atoms with Gasteiger partial charge in [0.2, 0.25) is 0 Å². The predicted octanol–water partition coefficient (Wildman–Crippen LogP) is 4.05. The summed E-state index contributed by atoms with van der Waals surface area (Å²) in [7, 11) is 0. The topological polar surface area (TPSA) is 0 Å². The minimum Gasteiger partial charge on any atom is -0.0860 e. The van der Waals surface area contributed by atoms with Gasteiger partial charge < -0.3 is 0 Å². The molecule has 0 bridgehead atoms. The maximum atomic E-state index is 2.50. The molecule has 62 valence electrons. The van der Waals surface area contributed by atoms with Gasteiger partial charge in [-0.3, -0.25) is 0 Å². The largest absolute Gasteiger partial charge is 0.0860 e. The first-order chi connectivity index (χ1) is 4.85. The molecule has 0 rings (SSSR count). The van der Waals surface area contributed by atoms with Crippen molar-refractivity contribution < 1.29 is 0 Å². The molecule has 2 heteroatoms. The lowest BCUT2D eigenvalue weighted by molar-refractivity contribution is 0.558. The molecule has 0 aromatic heterocycles. The van der Waals surface area contributed by atoms with Crippen molar-refractivity contribution >= 4 is 45.2 Å². The van der Waals surface area contributed by atoms with Crippen molar-refractivity contribution in [2.75, 3.05) is 8.86 Å². The van der Waals surface area contributed by atoms with Crippen LogP contribution in [0.4, 0.5) is 0 Å². The van der Waals surface area contributed by atoms with Gasteiger partial charge in [0, 0.05) is 8.86 Å². The SMILES string of the molecule is CCCCCC(CI)CI. The third-order valence-electron chi connectivity index (χ3n) is 1.65. The second-order valence-corrected chi connectivity index (χ2v) is 4.43. The Hall–Kier alpha value is 1.46. The highest BCUT2D eigenvalue weighted by Crippen LogP contribution is 2.14. The van der Waals surface area contributed by atoms with Crippen molar-refractivity contribution in [2.45, 2.75) is 32.6 Å². The lowest BCUT2D eigenvalue weighted by atomic mass is 10.1. The lowest BCUT2D eigenvalue weighted by Gasteiger charge is -2.08. The molecule has 0 spiro atoms. The van der Waals surface area contributed by atoms with Crippen molar-refractivity contribution in [1.82, 2.24) is 0 Å². The molecule has 10 heavy (non-hydrogen) atoms. The highest BCUT2D eigenvalue weighted by Gasteiger charge is 2.02. The first kappa shape index (κ1) is 11.5. The van der Waals surface area contributed by atoms with Crippen LogP contribution in [0.15, 0.2) is 0 Å². The summed E-state index contributed by atoms with van der Waals surface area (Å²) in [5.41, 5.74) is 0. The van der Waals surface area contributed by atoms with Gasteiger partial charge in [-0.15, -0.1) is 0 Å². The first-order valence-corrected chi connectivity index (χ1v) is 7.02. The molecule has 0 aromatic rings. The van der Waals surface area contributed by atoms with Crippen molar-refractivity contribution in [3.8, 4) is 0 Å². The van der Waals surface area contributed by atoms with Crippen molar-refractivity contribution in [3.63, 3.8) is 0 Å². The number of unbranched alkanes of at least 4 members (excludes halogenated alkanes) is 2. The lowest BCUT2D eigenvalue weighted by Crippen LogP contribution is -2.02. The minimum absolute atomic E-state index is 0.979. The average molecular weight is 366 g/mol. The molecule has 0 amide bonds. The van der Waals surface area contributed by atoms with Gasteiger partial charge in [0.05, 0.1) is 0 Å². The van der Waals surface area contributed by atoms with E-state index < -0.39 is 0 Å². The molecule has 0 saturated carbocycles. The molecular formula is C8H16I2. The summed E-state index contributed by atoms with van der Waals surface area (Å²) in [5, 5.41) is 0. The number of hydrogen-bond donors (Lipinski definition) is 0. The molecule has 0 aromatic carbocycles. The Morgan fingerprint density at radius 2 is 1.70 bits per heavy atom. The van der Waals surface area contributed by atoms with Crippen molar-refractivity contribution in [1.29, 1.82) is 0 Å². The normalized spacial score (nSPS) is 10.8. The summed E-state index contributed by atoms with van der Waals surface area (Å²) in [4.78, 5) is 0. The van der Waals surface area contributed by atoms with E-state index in [-0.39, 0.29) is 0 Å². The third kappa shape index (κ3) is 6.19. The quantitative estimate of drug-likeness (QED) is 0.378. The fraction of sp³-hybridized carbons (Fsp3) is 1.00. The van der Waals surface area contributed by atoms with Gasteiger partial charge in [0.25, 0.3) is 0 Å². The van der Waals surface area contributed by atoms with Crippen molar-refractivity contribution in [2.24, 2.45) is 5.92 Å². The molecule has 0 heterocycles. The van der Waals surface area contributed by atoms with Crippen LogP contribution < -0.4 is 0 Å². The Bertz CT molecular complexity index is 60.3. The zero-order chi connectivity index (χ0) is 7.82. The fourth-order valence-corrected chi connectivity index (χ4v) is 3.57. The Balaban J connectivity index is 3.09. The summed E-state index contributed by atoms with van der Waals surface area (Å²) in [6.45, 7) is 2.27. The van der Waals surface area contributed by atoms with E-state index in [1.54, 1.807) is 0 Å². The van der Waals surface area contributed by atoms with Gasteiger partial charge in [0.15, 0.2) is 0 Å². The second kappa shape index (κ2) is 8.56. The Labute approximate surface area is 91.8 Å². The van der Waals surface area contributed by atoms with E-state index in [1.165, 1.54) is 34.5 Å². The van der Waals surface area contributed by atoms with Crippen molar-refractivity contribution in [3.05, 3.63) is 0 Å². The predicted molar refractivity (Wildman–Crippen MR) is 65.4 cm³/mol. The van der Waals surface area contributed by atoms with Gasteiger partial charge in [0.1, 0.15) is 0 Å². The van der Waals surface area contributed by atoms with E-state index in [2.05, 4.69) is 52.1 Å². The summed E-state index contributed by atoms with van der Waals surface area (Å²) in [5.74, 6) is 0.979. The molecular weight excluding hydrogens is 350 g/mol. The average Bonchev–Trinajstić information content (AvgIpc) is 1.99. The van der Waals surface area contributed by atoms with E-state index in [9.17, 15) is 0 Å². The molecule has 0 nitrogen and oxygen atoms in total. The van der Waals surface area contributed by atoms with Gasteiger partial charge in [-0.2, -0.15) is 0 Å². The summed E-state index contributed by atoms with van der Waals surface area (Å²) < 4.78 is 2.68. The van der Waals surface area contributed by atoms with E-state index >= 15 is 0 Å². The van der Waals surface area contributed by atoms with E-state index in [0.717, 1.165) is 5.92 Å². The monoisotopic (exact) mass is 366 g/mol. The van der Waals surface area contributed by atoms with Crippen LogP contribution in [0.1, 0.15) is 32.6 Å². The number of hydrogen-bond acceptors (Lipinski definition) is 0. The van der Waals surface area contributed by atoms with Gasteiger partial charge in [-0.05, 0) is 12.3 Å². The van der Waals surface area contributed by atoms with Gasteiger partial charge in [-0.25, -0.2) is 0 Å². The van der Waals surface area contributed by atoms with Crippen LogP contribution in [0.3, 0.4) is 0 Å². The fourth-order valence-electron chi connectivity index (χ4n) is 0.879. The van der Waals surface area contributed by atoms with E-state index in [0.29, 0.717) is 0 Å². The van der Waals surface area contributed by atoms with Crippen LogP contribution in [0, 0.1) is 5.92 Å². The molecule has 0 saturated heterocycles. The molecule has 0 unspecified atom stereocenters. The third-order valence-corrected chi connectivity index (χ3v) is 4.14. The first-order valence-electron chi connectivity index (χ1n) is 3.97. The maximum absolute atomic E-state index is 2.50. The summed E-state index contributed by atoms with van der Waals surface area (Å²) in [6.07, 6.45) is 5.66. The number of alkyl halides is 2. The van der Waals surface area contributed by atoms with E-state index in [1.807, 2.05) is 0 Å².